The zero-order valence-electron chi connectivity index (χ0n) is 11.0. The number of hydrogen-bond acceptors (Lipinski definition) is 4. The molecule has 0 heterocycles. The SMILES string of the molecule is COc1ccccc1NC(=O)COC(=O)[C@@H]1C[C@H]1C. The molecular formula is C14H17NO4. The molecular weight excluding hydrogens is 246 g/mol. The van der Waals surface area contributed by atoms with Gasteiger partial charge in [0, 0.05) is 0 Å². The second-order valence-electron chi connectivity index (χ2n) is 4.68. The van der Waals surface area contributed by atoms with Crippen LogP contribution in [0.15, 0.2) is 24.3 Å². The first-order valence-electron chi connectivity index (χ1n) is 6.21. The van der Waals surface area contributed by atoms with Crippen molar-refractivity contribution in [1.82, 2.24) is 0 Å². The zero-order chi connectivity index (χ0) is 13.8. The van der Waals surface area contributed by atoms with E-state index in [1.807, 2.05) is 13.0 Å². The predicted molar refractivity (Wildman–Crippen MR) is 69.9 cm³/mol. The van der Waals surface area contributed by atoms with Gasteiger partial charge in [0.2, 0.25) is 0 Å². The maximum Gasteiger partial charge on any atom is 0.309 e. The number of amides is 1. The topological polar surface area (TPSA) is 64.6 Å². The van der Waals surface area contributed by atoms with Gasteiger partial charge in [-0.3, -0.25) is 9.59 Å². The number of methoxy groups -OCH3 is 1. The van der Waals surface area contributed by atoms with Crippen LogP contribution in [-0.2, 0) is 14.3 Å². The molecule has 5 nitrogen and oxygen atoms in total. The number of ether oxygens (including phenoxy) is 2. The van der Waals surface area contributed by atoms with Crippen LogP contribution in [0.25, 0.3) is 0 Å². The average molecular weight is 263 g/mol. The summed E-state index contributed by atoms with van der Waals surface area (Å²) in [7, 11) is 1.53. The van der Waals surface area contributed by atoms with Crippen LogP contribution in [-0.4, -0.2) is 25.6 Å². The molecule has 1 saturated carbocycles. The van der Waals surface area contributed by atoms with Crippen LogP contribution in [0, 0.1) is 11.8 Å². The van der Waals surface area contributed by atoms with Crippen LogP contribution >= 0.6 is 0 Å². The van der Waals surface area contributed by atoms with Gasteiger partial charge in [-0.15, -0.1) is 0 Å². The summed E-state index contributed by atoms with van der Waals surface area (Å²) >= 11 is 0. The summed E-state index contributed by atoms with van der Waals surface area (Å²) in [5, 5.41) is 2.65. The number of esters is 1. The van der Waals surface area contributed by atoms with Crippen LogP contribution < -0.4 is 10.1 Å². The van der Waals surface area contributed by atoms with Gasteiger partial charge >= 0.3 is 5.97 Å². The van der Waals surface area contributed by atoms with Gasteiger partial charge in [-0.05, 0) is 24.5 Å². The second kappa shape index (κ2) is 5.73. The summed E-state index contributed by atoms with van der Waals surface area (Å²) in [6.45, 7) is 1.72. The monoisotopic (exact) mass is 263 g/mol. The van der Waals surface area contributed by atoms with Gasteiger partial charge in [0.05, 0.1) is 18.7 Å². The molecule has 0 aromatic heterocycles. The number of hydrogen-bond donors (Lipinski definition) is 1. The molecule has 102 valence electrons. The standard InChI is InChI=1S/C14H17NO4/c1-9-7-10(9)14(17)19-8-13(16)15-11-5-3-4-6-12(11)18-2/h3-6,9-10H,7-8H2,1-2H3,(H,15,16)/t9-,10-/m1/s1. The van der Waals surface area contributed by atoms with Crippen molar-refractivity contribution in [3.05, 3.63) is 24.3 Å². The van der Waals surface area contributed by atoms with Crippen molar-refractivity contribution in [3.63, 3.8) is 0 Å². The Hall–Kier alpha value is -2.04. The summed E-state index contributed by atoms with van der Waals surface area (Å²) in [5.41, 5.74) is 0.561. The number of benzene rings is 1. The molecule has 1 aliphatic carbocycles. The lowest BCUT2D eigenvalue weighted by atomic mass is 10.3. The van der Waals surface area contributed by atoms with Gasteiger partial charge in [-0.1, -0.05) is 19.1 Å². The summed E-state index contributed by atoms with van der Waals surface area (Å²) in [4.78, 5) is 23.1. The van der Waals surface area contributed by atoms with Crippen LogP contribution in [0.3, 0.4) is 0 Å². The van der Waals surface area contributed by atoms with E-state index in [2.05, 4.69) is 5.32 Å². The van der Waals surface area contributed by atoms with Gasteiger partial charge in [0.25, 0.3) is 5.91 Å². The molecule has 0 radical (unpaired) electrons. The maximum absolute atomic E-state index is 11.7. The van der Waals surface area contributed by atoms with E-state index >= 15 is 0 Å². The van der Waals surface area contributed by atoms with Crippen molar-refractivity contribution in [2.75, 3.05) is 19.0 Å². The van der Waals surface area contributed by atoms with Gasteiger partial charge in [-0.2, -0.15) is 0 Å². The Kier molecular flexibility index (Phi) is 4.04. The van der Waals surface area contributed by atoms with Gasteiger partial charge in [0.1, 0.15) is 5.75 Å². The molecule has 1 aliphatic rings. The Bertz CT molecular complexity index is 486. The number of nitrogens with one attached hydrogen (secondary N) is 1. The van der Waals surface area contributed by atoms with Crippen LogP contribution in [0.1, 0.15) is 13.3 Å². The molecule has 19 heavy (non-hydrogen) atoms. The van der Waals surface area contributed by atoms with E-state index in [1.54, 1.807) is 18.2 Å². The van der Waals surface area contributed by atoms with E-state index in [4.69, 9.17) is 9.47 Å². The summed E-state index contributed by atoms with van der Waals surface area (Å²) in [6, 6.07) is 7.06. The van der Waals surface area contributed by atoms with Crippen molar-refractivity contribution in [2.45, 2.75) is 13.3 Å². The molecule has 1 amide bonds. The fourth-order valence-electron chi connectivity index (χ4n) is 1.83. The summed E-state index contributed by atoms with van der Waals surface area (Å²) in [5.74, 6) is 0.260. The second-order valence-corrected chi connectivity index (χ2v) is 4.68. The van der Waals surface area contributed by atoms with E-state index in [1.165, 1.54) is 7.11 Å². The fraction of sp³-hybridized carbons (Fsp3) is 0.429. The number of carbonyl (C=O) groups is 2. The first kappa shape index (κ1) is 13.4. The Morgan fingerprint density at radius 3 is 2.68 bits per heavy atom. The molecule has 5 heteroatoms. The van der Waals surface area contributed by atoms with Crippen molar-refractivity contribution in [3.8, 4) is 5.75 Å². The normalized spacial score (nSPS) is 20.5. The molecule has 0 spiro atoms. The largest absolute Gasteiger partial charge is 0.495 e. The highest BCUT2D eigenvalue weighted by atomic mass is 16.5. The highest BCUT2D eigenvalue weighted by Gasteiger charge is 2.40. The number of anilines is 1. The minimum atomic E-state index is -0.369. The molecule has 2 rings (SSSR count). The highest BCUT2D eigenvalue weighted by molar-refractivity contribution is 5.94. The van der Waals surface area contributed by atoms with E-state index in [-0.39, 0.29) is 24.4 Å². The average Bonchev–Trinajstić information content (AvgIpc) is 3.14. The van der Waals surface area contributed by atoms with Crippen LogP contribution in [0.4, 0.5) is 5.69 Å². The maximum atomic E-state index is 11.7. The van der Waals surface area contributed by atoms with E-state index in [0.717, 1.165) is 6.42 Å². The Morgan fingerprint density at radius 1 is 1.37 bits per heavy atom. The lowest BCUT2D eigenvalue weighted by molar-refractivity contribution is -0.148. The minimum absolute atomic E-state index is 0.0286. The van der Waals surface area contributed by atoms with Gasteiger partial charge < -0.3 is 14.8 Å². The molecule has 2 atom stereocenters. The molecule has 1 aromatic rings. The summed E-state index contributed by atoms with van der Waals surface area (Å²) < 4.78 is 10.1. The van der Waals surface area contributed by atoms with Crippen LogP contribution in [0.5, 0.6) is 5.75 Å². The first-order valence-corrected chi connectivity index (χ1v) is 6.21. The zero-order valence-corrected chi connectivity index (χ0v) is 11.0. The van der Waals surface area contributed by atoms with Crippen molar-refractivity contribution < 1.29 is 19.1 Å². The lowest BCUT2D eigenvalue weighted by Crippen LogP contribution is -2.22. The lowest BCUT2D eigenvalue weighted by Gasteiger charge is -2.09. The Labute approximate surface area is 111 Å². The van der Waals surface area contributed by atoms with Crippen molar-refractivity contribution in [2.24, 2.45) is 11.8 Å². The molecule has 1 fully saturated rings. The Morgan fingerprint density at radius 2 is 2.05 bits per heavy atom. The number of para-hydroxylation sites is 2. The van der Waals surface area contributed by atoms with E-state index in [0.29, 0.717) is 17.4 Å². The smallest absolute Gasteiger partial charge is 0.309 e. The van der Waals surface area contributed by atoms with Crippen molar-refractivity contribution >= 4 is 17.6 Å². The first-order chi connectivity index (χ1) is 9.11. The number of rotatable bonds is 5. The molecule has 0 aliphatic heterocycles. The minimum Gasteiger partial charge on any atom is -0.495 e. The third-order valence-corrected chi connectivity index (χ3v) is 3.14. The molecule has 0 saturated heterocycles. The van der Waals surface area contributed by atoms with E-state index in [9.17, 15) is 9.59 Å². The quantitative estimate of drug-likeness (QED) is 0.823. The fourth-order valence-corrected chi connectivity index (χ4v) is 1.83. The molecule has 1 aromatic carbocycles. The van der Waals surface area contributed by atoms with Gasteiger partial charge in [-0.25, -0.2) is 0 Å². The number of carbonyl (C=O) groups excluding carboxylic acids is 2. The Balaban J connectivity index is 1.82. The van der Waals surface area contributed by atoms with Crippen LogP contribution in [0.2, 0.25) is 0 Å². The molecule has 0 bridgehead atoms. The molecule has 0 unspecified atom stereocenters. The summed E-state index contributed by atoms with van der Waals surface area (Å²) in [6.07, 6.45) is 0.854. The van der Waals surface area contributed by atoms with E-state index < -0.39 is 0 Å². The molecule has 1 N–H and O–H groups in total. The third-order valence-electron chi connectivity index (χ3n) is 3.14. The predicted octanol–water partition coefficient (Wildman–Crippen LogP) is 1.83. The third kappa shape index (κ3) is 3.47. The highest BCUT2D eigenvalue weighted by Crippen LogP contribution is 2.38. The van der Waals surface area contributed by atoms with Gasteiger partial charge in [0.15, 0.2) is 6.61 Å². The van der Waals surface area contributed by atoms with Crippen molar-refractivity contribution in [1.29, 1.82) is 0 Å².